The van der Waals surface area contributed by atoms with Gasteiger partial charge < -0.3 is 14.7 Å². The zero-order chi connectivity index (χ0) is 13.2. The summed E-state index contributed by atoms with van der Waals surface area (Å²) in [5, 5.41) is 7.54. The van der Waals surface area contributed by atoms with Crippen molar-refractivity contribution in [2.24, 2.45) is 5.92 Å². The molecule has 106 valence electrons. The molecule has 2 fully saturated rings. The minimum absolute atomic E-state index is 0.313. The van der Waals surface area contributed by atoms with Gasteiger partial charge in [0.05, 0.1) is 6.04 Å². The van der Waals surface area contributed by atoms with E-state index < -0.39 is 0 Å². The molecule has 1 aromatic rings. The van der Waals surface area contributed by atoms with Crippen LogP contribution in [0.3, 0.4) is 0 Å². The van der Waals surface area contributed by atoms with Gasteiger partial charge in [-0.15, -0.1) is 0 Å². The Labute approximate surface area is 114 Å². The monoisotopic (exact) mass is 264 g/mol. The van der Waals surface area contributed by atoms with Gasteiger partial charge >= 0.3 is 0 Å². The summed E-state index contributed by atoms with van der Waals surface area (Å²) in [6.45, 7) is 7.96. The second-order valence-corrected chi connectivity index (χ2v) is 6.14. The number of hydrogen-bond acceptors (Lipinski definition) is 5. The van der Waals surface area contributed by atoms with E-state index in [1.165, 1.54) is 19.4 Å². The van der Waals surface area contributed by atoms with Crippen molar-refractivity contribution in [2.75, 3.05) is 19.6 Å². The predicted octanol–water partition coefficient (Wildman–Crippen LogP) is 1.77. The van der Waals surface area contributed by atoms with Crippen molar-refractivity contribution >= 4 is 0 Å². The fourth-order valence-corrected chi connectivity index (χ4v) is 3.14. The Morgan fingerprint density at radius 1 is 1.42 bits per heavy atom. The molecule has 3 heterocycles. The summed E-state index contributed by atoms with van der Waals surface area (Å²) in [5.74, 6) is 2.35. The van der Waals surface area contributed by atoms with Crippen LogP contribution in [-0.4, -0.2) is 40.7 Å². The summed E-state index contributed by atoms with van der Waals surface area (Å²) in [7, 11) is 0. The largest absolute Gasteiger partial charge is 0.339 e. The molecule has 2 saturated heterocycles. The number of nitrogens with zero attached hydrogens (tertiary/aromatic N) is 3. The third-order valence-electron chi connectivity index (χ3n) is 4.37. The summed E-state index contributed by atoms with van der Waals surface area (Å²) in [6, 6.07) is 0.958. The van der Waals surface area contributed by atoms with Crippen LogP contribution < -0.4 is 5.32 Å². The number of rotatable bonds is 4. The predicted molar refractivity (Wildman–Crippen MR) is 72.8 cm³/mol. The Hall–Kier alpha value is -0.940. The zero-order valence-electron chi connectivity index (χ0n) is 11.9. The highest BCUT2D eigenvalue weighted by Gasteiger charge is 2.27. The van der Waals surface area contributed by atoms with Crippen LogP contribution in [0.4, 0.5) is 0 Å². The highest BCUT2D eigenvalue weighted by atomic mass is 16.5. The van der Waals surface area contributed by atoms with E-state index in [1.54, 1.807) is 0 Å². The summed E-state index contributed by atoms with van der Waals surface area (Å²) in [4.78, 5) is 7.10. The van der Waals surface area contributed by atoms with Gasteiger partial charge in [-0.25, -0.2) is 0 Å². The van der Waals surface area contributed by atoms with Gasteiger partial charge in [0.15, 0.2) is 5.82 Å². The van der Waals surface area contributed by atoms with E-state index in [4.69, 9.17) is 4.52 Å². The smallest absolute Gasteiger partial charge is 0.227 e. The van der Waals surface area contributed by atoms with E-state index in [2.05, 4.69) is 34.2 Å². The number of nitrogens with one attached hydrogen (secondary N) is 1. The molecule has 1 aromatic heterocycles. The van der Waals surface area contributed by atoms with E-state index in [0.717, 1.165) is 37.6 Å². The lowest BCUT2D eigenvalue weighted by Gasteiger charge is -2.19. The van der Waals surface area contributed by atoms with Crippen LogP contribution in [0.2, 0.25) is 0 Å². The van der Waals surface area contributed by atoms with Gasteiger partial charge in [0.1, 0.15) is 0 Å². The molecule has 5 nitrogen and oxygen atoms in total. The molecule has 0 amide bonds. The average Bonchev–Trinajstić information content (AvgIpc) is 3.09. The Morgan fingerprint density at radius 2 is 2.32 bits per heavy atom. The van der Waals surface area contributed by atoms with Gasteiger partial charge in [-0.05, 0) is 52.1 Å². The van der Waals surface area contributed by atoms with Gasteiger partial charge in [0.2, 0.25) is 5.89 Å². The maximum Gasteiger partial charge on any atom is 0.227 e. The molecule has 1 N–H and O–H groups in total. The first-order chi connectivity index (χ1) is 9.22. The molecule has 2 atom stereocenters. The number of likely N-dealkylation sites (tertiary alicyclic amines) is 1. The summed E-state index contributed by atoms with van der Waals surface area (Å²) < 4.78 is 5.42. The van der Waals surface area contributed by atoms with E-state index in [-0.39, 0.29) is 0 Å². The van der Waals surface area contributed by atoms with Crippen LogP contribution in [-0.2, 0) is 6.42 Å². The molecule has 2 aliphatic rings. The van der Waals surface area contributed by atoms with Crippen LogP contribution in [0, 0.1) is 5.92 Å². The van der Waals surface area contributed by atoms with Crippen molar-refractivity contribution in [3.8, 4) is 0 Å². The van der Waals surface area contributed by atoms with Gasteiger partial charge in [0, 0.05) is 19.0 Å². The minimum Gasteiger partial charge on any atom is -0.339 e. The number of hydrogen-bond donors (Lipinski definition) is 1. The Bertz CT molecular complexity index is 411. The van der Waals surface area contributed by atoms with Crippen LogP contribution in [0.5, 0.6) is 0 Å². The molecule has 0 aliphatic carbocycles. The van der Waals surface area contributed by atoms with Crippen molar-refractivity contribution in [1.29, 1.82) is 0 Å². The molecule has 0 aromatic carbocycles. The van der Waals surface area contributed by atoms with E-state index in [9.17, 15) is 0 Å². The van der Waals surface area contributed by atoms with Gasteiger partial charge in [-0.1, -0.05) is 5.16 Å². The molecular weight excluding hydrogens is 240 g/mol. The highest BCUT2D eigenvalue weighted by molar-refractivity contribution is 4.98. The first-order valence-corrected chi connectivity index (χ1v) is 7.52. The molecule has 0 bridgehead atoms. The lowest BCUT2D eigenvalue weighted by molar-refractivity contribution is 0.260. The van der Waals surface area contributed by atoms with Crippen LogP contribution in [0.25, 0.3) is 0 Å². The maximum absolute atomic E-state index is 5.42. The van der Waals surface area contributed by atoms with Crippen LogP contribution >= 0.6 is 0 Å². The fraction of sp³-hybridized carbons (Fsp3) is 0.857. The second kappa shape index (κ2) is 5.59. The van der Waals surface area contributed by atoms with Crippen LogP contribution in [0.1, 0.15) is 50.9 Å². The molecular formula is C14H24N4O. The molecule has 19 heavy (non-hydrogen) atoms. The lowest BCUT2D eigenvalue weighted by Crippen LogP contribution is -2.28. The molecule has 0 saturated carbocycles. The highest BCUT2D eigenvalue weighted by Crippen LogP contribution is 2.24. The van der Waals surface area contributed by atoms with Gasteiger partial charge in [0.25, 0.3) is 0 Å². The van der Waals surface area contributed by atoms with Crippen LogP contribution in [0.15, 0.2) is 4.52 Å². The lowest BCUT2D eigenvalue weighted by atomic mass is 10.1. The van der Waals surface area contributed by atoms with Crippen molar-refractivity contribution in [3.05, 3.63) is 11.7 Å². The Morgan fingerprint density at radius 3 is 3.00 bits per heavy atom. The zero-order valence-corrected chi connectivity index (χ0v) is 11.9. The Kier molecular flexibility index (Phi) is 3.84. The topological polar surface area (TPSA) is 54.2 Å². The molecule has 3 rings (SSSR count). The molecule has 0 radical (unpaired) electrons. The minimum atomic E-state index is 0.313. The quantitative estimate of drug-likeness (QED) is 0.898. The number of aromatic nitrogens is 2. The first-order valence-electron chi connectivity index (χ1n) is 7.52. The van der Waals surface area contributed by atoms with E-state index in [0.29, 0.717) is 18.0 Å². The van der Waals surface area contributed by atoms with E-state index >= 15 is 0 Å². The first kappa shape index (κ1) is 13.1. The summed E-state index contributed by atoms with van der Waals surface area (Å²) in [6.07, 6.45) is 4.52. The Balaban J connectivity index is 1.56. The van der Waals surface area contributed by atoms with Gasteiger partial charge in [-0.3, -0.25) is 0 Å². The summed E-state index contributed by atoms with van der Waals surface area (Å²) >= 11 is 0. The molecule has 2 unspecified atom stereocenters. The second-order valence-electron chi connectivity index (χ2n) is 6.14. The molecule has 5 heteroatoms. The molecule has 0 spiro atoms. The van der Waals surface area contributed by atoms with Gasteiger partial charge in [-0.2, -0.15) is 4.98 Å². The molecule has 2 aliphatic heterocycles. The van der Waals surface area contributed by atoms with Crippen molar-refractivity contribution in [2.45, 2.75) is 51.6 Å². The van der Waals surface area contributed by atoms with Crippen molar-refractivity contribution < 1.29 is 4.52 Å². The fourth-order valence-electron chi connectivity index (χ4n) is 3.14. The third kappa shape index (κ3) is 2.98. The summed E-state index contributed by atoms with van der Waals surface area (Å²) in [5.41, 5.74) is 0. The maximum atomic E-state index is 5.42. The van der Waals surface area contributed by atoms with Crippen molar-refractivity contribution in [1.82, 2.24) is 20.4 Å². The normalized spacial score (nSPS) is 28.6. The average molecular weight is 264 g/mol. The SMILES string of the molecule is CC(C)N1CCC(Cc2nc(C3CCCN3)no2)C1. The third-order valence-corrected chi connectivity index (χ3v) is 4.37. The van der Waals surface area contributed by atoms with Crippen molar-refractivity contribution in [3.63, 3.8) is 0 Å². The van der Waals surface area contributed by atoms with E-state index in [1.807, 2.05) is 0 Å². The standard InChI is InChI=1S/C14H24N4O/c1-10(2)18-7-5-11(9-18)8-13-16-14(17-19-13)12-4-3-6-15-12/h10-12,15H,3-9H2,1-2H3.